The molecule has 1 heterocycles. The number of hydrogen-bond acceptors (Lipinski definition) is 0. The van der Waals surface area contributed by atoms with Crippen LogP contribution in [-0.2, 0) is 0 Å². The number of aromatic amines is 1. The van der Waals surface area contributed by atoms with Crippen molar-refractivity contribution in [1.82, 2.24) is 4.98 Å². The Morgan fingerprint density at radius 3 is 2.67 bits per heavy atom. The van der Waals surface area contributed by atoms with E-state index in [2.05, 4.69) is 18.0 Å². The summed E-state index contributed by atoms with van der Waals surface area (Å²) in [5, 5.41) is 2.00. The first-order chi connectivity index (χ1) is 5.70. The highest BCUT2D eigenvalue weighted by atomic mass is 35.5. The molecule has 0 saturated carbocycles. The van der Waals surface area contributed by atoms with Crippen molar-refractivity contribution in [2.75, 3.05) is 0 Å². The number of benzene rings is 1. The number of rotatable bonds is 0. The van der Waals surface area contributed by atoms with Gasteiger partial charge in [-0.3, -0.25) is 0 Å². The van der Waals surface area contributed by atoms with Crippen molar-refractivity contribution in [2.45, 2.75) is 13.8 Å². The van der Waals surface area contributed by atoms with Crippen molar-refractivity contribution in [3.63, 3.8) is 0 Å². The van der Waals surface area contributed by atoms with Gasteiger partial charge in [-0.1, -0.05) is 23.7 Å². The minimum Gasteiger partial charge on any atom is -0.345 e. The summed E-state index contributed by atoms with van der Waals surface area (Å²) >= 11 is 5.97. The highest BCUT2D eigenvalue weighted by Crippen LogP contribution is 2.27. The third-order valence-electron chi connectivity index (χ3n) is 2.22. The maximum atomic E-state index is 5.97. The van der Waals surface area contributed by atoms with E-state index < -0.39 is 0 Å². The lowest BCUT2D eigenvalue weighted by Crippen LogP contribution is -1.74. The van der Waals surface area contributed by atoms with Gasteiger partial charge >= 0.3 is 0 Å². The van der Waals surface area contributed by atoms with E-state index in [0.717, 1.165) is 16.2 Å². The lowest BCUT2D eigenvalue weighted by Gasteiger charge is -1.95. The summed E-state index contributed by atoms with van der Waals surface area (Å²) in [4.78, 5) is 3.13. The molecule has 0 atom stereocenters. The van der Waals surface area contributed by atoms with Crippen LogP contribution in [0.1, 0.15) is 11.1 Å². The van der Waals surface area contributed by atoms with Crippen LogP contribution >= 0.6 is 11.6 Å². The smallest absolute Gasteiger partial charge is 0.110 e. The fourth-order valence-electron chi connectivity index (χ4n) is 1.59. The zero-order chi connectivity index (χ0) is 8.72. The molecule has 0 aliphatic rings. The Labute approximate surface area is 76.4 Å². The molecule has 0 spiro atoms. The molecule has 0 saturated heterocycles. The molecular formula is C10H10ClN. The average Bonchev–Trinajstić information content (AvgIpc) is 2.29. The Morgan fingerprint density at radius 2 is 2.00 bits per heavy atom. The molecule has 0 aliphatic heterocycles. The molecule has 62 valence electrons. The third kappa shape index (κ3) is 0.935. The number of H-pyrrole nitrogens is 1. The minimum absolute atomic E-state index is 0.749. The van der Waals surface area contributed by atoms with E-state index in [9.17, 15) is 0 Å². The van der Waals surface area contributed by atoms with Gasteiger partial charge in [0.15, 0.2) is 0 Å². The topological polar surface area (TPSA) is 15.8 Å². The first kappa shape index (κ1) is 7.69. The zero-order valence-electron chi connectivity index (χ0n) is 7.11. The number of nitrogens with one attached hydrogen (secondary N) is 1. The van der Waals surface area contributed by atoms with Crippen molar-refractivity contribution in [3.8, 4) is 0 Å². The third-order valence-corrected chi connectivity index (χ3v) is 2.60. The van der Waals surface area contributed by atoms with Gasteiger partial charge in [-0.15, -0.1) is 0 Å². The van der Waals surface area contributed by atoms with Crippen LogP contribution in [-0.4, -0.2) is 4.98 Å². The lowest BCUT2D eigenvalue weighted by atomic mass is 10.1. The fourth-order valence-corrected chi connectivity index (χ4v) is 1.79. The molecule has 0 unspecified atom stereocenters. The predicted octanol–water partition coefficient (Wildman–Crippen LogP) is 3.44. The number of hydrogen-bond donors (Lipinski definition) is 1. The summed E-state index contributed by atoms with van der Waals surface area (Å²) in [6.07, 6.45) is 0. The van der Waals surface area contributed by atoms with Crippen LogP contribution < -0.4 is 0 Å². The molecular weight excluding hydrogens is 170 g/mol. The van der Waals surface area contributed by atoms with Crippen LogP contribution in [0.25, 0.3) is 10.9 Å². The quantitative estimate of drug-likeness (QED) is 0.638. The Hall–Kier alpha value is -0.950. The van der Waals surface area contributed by atoms with Crippen LogP contribution in [0.4, 0.5) is 0 Å². The van der Waals surface area contributed by atoms with E-state index in [1.165, 1.54) is 10.9 Å². The molecule has 2 heteroatoms. The monoisotopic (exact) mass is 179 g/mol. The van der Waals surface area contributed by atoms with Gasteiger partial charge in [0.1, 0.15) is 5.15 Å². The number of halogens is 1. The number of aryl methyl sites for hydroxylation is 2. The van der Waals surface area contributed by atoms with Gasteiger partial charge in [0.2, 0.25) is 0 Å². The molecule has 0 bridgehead atoms. The molecule has 2 aromatic rings. The summed E-state index contributed by atoms with van der Waals surface area (Å²) in [7, 11) is 0. The number of aromatic nitrogens is 1. The van der Waals surface area contributed by atoms with Crippen molar-refractivity contribution >= 4 is 22.5 Å². The standard InChI is InChI=1S/C10H10ClN/c1-6-4-3-5-8-9(6)7(2)10(11)12-8/h3-5,12H,1-2H3. The minimum atomic E-state index is 0.749. The van der Waals surface area contributed by atoms with Gasteiger partial charge in [0.05, 0.1) is 0 Å². The second kappa shape index (κ2) is 2.53. The first-order valence-corrected chi connectivity index (χ1v) is 4.31. The van der Waals surface area contributed by atoms with Crippen LogP contribution in [0.15, 0.2) is 18.2 Å². The molecule has 0 aliphatic carbocycles. The van der Waals surface area contributed by atoms with Gasteiger partial charge in [0.25, 0.3) is 0 Å². The average molecular weight is 180 g/mol. The van der Waals surface area contributed by atoms with E-state index >= 15 is 0 Å². The highest BCUT2D eigenvalue weighted by Gasteiger charge is 2.06. The Morgan fingerprint density at radius 1 is 1.25 bits per heavy atom. The predicted molar refractivity (Wildman–Crippen MR) is 52.8 cm³/mol. The van der Waals surface area contributed by atoms with Crippen LogP contribution in [0.5, 0.6) is 0 Å². The molecule has 2 rings (SSSR count). The maximum absolute atomic E-state index is 5.97. The molecule has 1 nitrogen and oxygen atoms in total. The normalized spacial score (nSPS) is 10.9. The van der Waals surface area contributed by atoms with Gasteiger partial charge < -0.3 is 4.98 Å². The Bertz CT molecular complexity index is 429. The van der Waals surface area contributed by atoms with Crippen LogP contribution in [0, 0.1) is 13.8 Å². The largest absolute Gasteiger partial charge is 0.345 e. The van der Waals surface area contributed by atoms with Gasteiger partial charge in [-0.2, -0.15) is 0 Å². The van der Waals surface area contributed by atoms with E-state index in [1.54, 1.807) is 0 Å². The highest BCUT2D eigenvalue weighted by molar-refractivity contribution is 6.31. The Balaban J connectivity index is 2.97. The Kier molecular flexibility index (Phi) is 1.62. The molecule has 1 aromatic carbocycles. The lowest BCUT2D eigenvalue weighted by molar-refractivity contribution is 1.42. The second-order valence-corrected chi connectivity index (χ2v) is 3.44. The number of fused-ring (bicyclic) bond motifs is 1. The maximum Gasteiger partial charge on any atom is 0.110 e. The molecule has 0 amide bonds. The van der Waals surface area contributed by atoms with E-state index in [-0.39, 0.29) is 0 Å². The summed E-state index contributed by atoms with van der Waals surface area (Å²) < 4.78 is 0. The van der Waals surface area contributed by atoms with Gasteiger partial charge in [0, 0.05) is 10.9 Å². The van der Waals surface area contributed by atoms with Crippen molar-refractivity contribution in [2.24, 2.45) is 0 Å². The summed E-state index contributed by atoms with van der Waals surface area (Å²) in [5.74, 6) is 0. The fraction of sp³-hybridized carbons (Fsp3) is 0.200. The molecule has 0 fully saturated rings. The molecule has 0 radical (unpaired) electrons. The van der Waals surface area contributed by atoms with Crippen LogP contribution in [0.3, 0.4) is 0 Å². The van der Waals surface area contributed by atoms with E-state index in [1.807, 2.05) is 19.1 Å². The van der Waals surface area contributed by atoms with Crippen molar-refractivity contribution < 1.29 is 0 Å². The van der Waals surface area contributed by atoms with Gasteiger partial charge in [-0.05, 0) is 31.0 Å². The second-order valence-electron chi connectivity index (χ2n) is 3.06. The summed E-state index contributed by atoms with van der Waals surface area (Å²) in [6.45, 7) is 4.13. The van der Waals surface area contributed by atoms with Gasteiger partial charge in [-0.25, -0.2) is 0 Å². The van der Waals surface area contributed by atoms with Crippen LogP contribution in [0.2, 0.25) is 5.15 Å². The zero-order valence-corrected chi connectivity index (χ0v) is 7.87. The first-order valence-electron chi connectivity index (χ1n) is 3.93. The summed E-state index contributed by atoms with van der Waals surface area (Å²) in [5.41, 5.74) is 3.54. The molecule has 12 heavy (non-hydrogen) atoms. The SMILES string of the molecule is Cc1cccc2[nH]c(Cl)c(C)c12. The van der Waals surface area contributed by atoms with E-state index in [4.69, 9.17) is 11.6 Å². The van der Waals surface area contributed by atoms with Crippen molar-refractivity contribution in [3.05, 3.63) is 34.5 Å². The molecule has 1 N–H and O–H groups in total. The van der Waals surface area contributed by atoms with Crippen molar-refractivity contribution in [1.29, 1.82) is 0 Å². The summed E-state index contributed by atoms with van der Waals surface area (Å²) in [6, 6.07) is 6.17. The van der Waals surface area contributed by atoms with E-state index in [0.29, 0.717) is 0 Å². The molecule has 1 aromatic heterocycles.